The zero-order valence-electron chi connectivity index (χ0n) is 21.4. The number of hydrogen-bond donors (Lipinski definition) is 2. The molecule has 3 saturated heterocycles. The second-order valence-corrected chi connectivity index (χ2v) is 10.7. The van der Waals surface area contributed by atoms with Gasteiger partial charge in [0.15, 0.2) is 0 Å². The van der Waals surface area contributed by atoms with Crippen molar-refractivity contribution >= 4 is 29.3 Å². The van der Waals surface area contributed by atoms with Gasteiger partial charge in [0.1, 0.15) is 6.04 Å². The zero-order valence-corrected chi connectivity index (χ0v) is 21.4. The SMILES string of the molecule is COC1CC2CCC(C1)N2Cc1ccc(CNc2cccc3c2C(=O)N(C2CCC(=O)NC2=O)C3=O)cc1. The lowest BCUT2D eigenvalue weighted by molar-refractivity contribution is -0.136. The Bertz CT molecular complexity index is 1280. The molecule has 9 nitrogen and oxygen atoms in total. The van der Waals surface area contributed by atoms with Gasteiger partial charge in [-0.05, 0) is 55.4 Å². The minimum absolute atomic E-state index is 0.0949. The minimum Gasteiger partial charge on any atom is -0.381 e. The average molecular weight is 517 g/mol. The van der Waals surface area contributed by atoms with Crippen molar-refractivity contribution in [1.29, 1.82) is 0 Å². The third kappa shape index (κ3) is 4.39. The molecule has 0 radical (unpaired) electrons. The Morgan fingerprint density at radius 3 is 2.32 bits per heavy atom. The van der Waals surface area contributed by atoms with Gasteiger partial charge in [-0.3, -0.25) is 34.3 Å². The van der Waals surface area contributed by atoms with Crippen molar-refractivity contribution in [3.63, 3.8) is 0 Å². The molecule has 4 aliphatic rings. The fourth-order valence-electron chi connectivity index (χ4n) is 6.51. The Kier molecular flexibility index (Phi) is 6.49. The monoisotopic (exact) mass is 516 g/mol. The van der Waals surface area contributed by atoms with Crippen LogP contribution in [0.1, 0.15) is 70.4 Å². The van der Waals surface area contributed by atoms with Crippen molar-refractivity contribution in [2.45, 2.75) is 75.8 Å². The maximum Gasteiger partial charge on any atom is 0.264 e. The summed E-state index contributed by atoms with van der Waals surface area (Å²) >= 11 is 0. The molecular formula is C29H32N4O5. The summed E-state index contributed by atoms with van der Waals surface area (Å²) in [7, 11) is 1.82. The summed E-state index contributed by atoms with van der Waals surface area (Å²) < 4.78 is 5.63. The molecule has 2 aromatic rings. The summed E-state index contributed by atoms with van der Waals surface area (Å²) in [5, 5.41) is 5.54. The van der Waals surface area contributed by atoms with E-state index in [1.54, 1.807) is 18.2 Å². The number of anilines is 1. The number of piperidine rings is 2. The molecule has 0 aliphatic carbocycles. The number of hydrogen-bond acceptors (Lipinski definition) is 7. The van der Waals surface area contributed by atoms with Crippen LogP contribution in [0.5, 0.6) is 0 Å². The lowest BCUT2D eigenvalue weighted by Crippen LogP contribution is -2.54. The predicted octanol–water partition coefficient (Wildman–Crippen LogP) is 2.84. The number of methoxy groups -OCH3 is 1. The molecule has 2 aromatic carbocycles. The molecule has 4 aliphatic heterocycles. The highest BCUT2D eigenvalue weighted by Gasteiger charge is 2.45. The Morgan fingerprint density at radius 1 is 0.921 bits per heavy atom. The second kappa shape index (κ2) is 9.96. The molecule has 3 atom stereocenters. The molecule has 2 N–H and O–H groups in total. The van der Waals surface area contributed by atoms with Crippen molar-refractivity contribution < 1.29 is 23.9 Å². The Hall–Kier alpha value is -3.56. The quantitative estimate of drug-likeness (QED) is 0.545. The summed E-state index contributed by atoms with van der Waals surface area (Å²) in [6.45, 7) is 1.43. The fraction of sp³-hybridized carbons (Fsp3) is 0.448. The molecule has 0 aromatic heterocycles. The number of benzene rings is 2. The standard InChI is InChI=1S/C29H32N4O5/c1-38-21-13-19-9-10-20(14-21)32(19)16-18-7-5-17(6-8-18)15-30-23-4-2-3-22-26(23)29(37)33(28(22)36)24-11-12-25(34)31-27(24)35/h2-8,19-21,24,30H,9-16H2,1H3,(H,31,34,35). The molecule has 3 fully saturated rings. The third-order valence-electron chi connectivity index (χ3n) is 8.51. The summed E-state index contributed by atoms with van der Waals surface area (Å²) in [5.74, 6) is -2.01. The smallest absolute Gasteiger partial charge is 0.264 e. The van der Waals surface area contributed by atoms with Crippen molar-refractivity contribution in [1.82, 2.24) is 15.1 Å². The lowest BCUT2D eigenvalue weighted by Gasteiger charge is -2.38. The van der Waals surface area contributed by atoms with Crippen LogP contribution in [-0.4, -0.2) is 64.8 Å². The van der Waals surface area contributed by atoms with E-state index in [0.717, 1.165) is 29.8 Å². The van der Waals surface area contributed by atoms with Crippen LogP contribution >= 0.6 is 0 Å². The summed E-state index contributed by atoms with van der Waals surface area (Å²) in [6.07, 6.45) is 5.33. The summed E-state index contributed by atoms with van der Waals surface area (Å²) in [6, 6.07) is 13.8. The first-order chi connectivity index (χ1) is 18.4. The summed E-state index contributed by atoms with van der Waals surface area (Å²) in [4.78, 5) is 53.8. The first-order valence-corrected chi connectivity index (χ1v) is 13.4. The van der Waals surface area contributed by atoms with Crippen molar-refractivity contribution in [2.24, 2.45) is 0 Å². The van der Waals surface area contributed by atoms with Gasteiger partial charge in [0.25, 0.3) is 11.8 Å². The topological polar surface area (TPSA) is 108 Å². The van der Waals surface area contributed by atoms with Crippen molar-refractivity contribution in [3.8, 4) is 0 Å². The highest BCUT2D eigenvalue weighted by molar-refractivity contribution is 6.25. The molecule has 6 rings (SSSR count). The van der Waals surface area contributed by atoms with E-state index in [0.29, 0.717) is 30.4 Å². The van der Waals surface area contributed by atoms with Crippen LogP contribution in [0.15, 0.2) is 42.5 Å². The van der Waals surface area contributed by atoms with E-state index in [-0.39, 0.29) is 29.9 Å². The lowest BCUT2D eigenvalue weighted by atomic mass is 9.98. The zero-order chi connectivity index (χ0) is 26.4. The third-order valence-corrected chi connectivity index (χ3v) is 8.51. The first-order valence-electron chi connectivity index (χ1n) is 13.4. The molecule has 4 heterocycles. The molecule has 3 unspecified atom stereocenters. The maximum atomic E-state index is 13.3. The van der Waals surface area contributed by atoms with E-state index in [1.165, 1.54) is 18.4 Å². The second-order valence-electron chi connectivity index (χ2n) is 10.7. The molecular weight excluding hydrogens is 484 g/mol. The Morgan fingerprint density at radius 2 is 1.63 bits per heavy atom. The number of nitrogens with zero attached hydrogens (tertiary/aromatic N) is 2. The number of amides is 4. The average Bonchev–Trinajstić information content (AvgIpc) is 3.30. The van der Waals surface area contributed by atoms with E-state index in [2.05, 4.69) is 39.8 Å². The first kappa shape index (κ1) is 24.8. The number of nitrogens with one attached hydrogen (secondary N) is 2. The van der Waals surface area contributed by atoms with Gasteiger partial charge < -0.3 is 10.1 Å². The minimum atomic E-state index is -0.976. The highest BCUT2D eigenvalue weighted by Crippen LogP contribution is 2.38. The van der Waals surface area contributed by atoms with Crippen LogP contribution < -0.4 is 10.6 Å². The van der Waals surface area contributed by atoms with Crippen molar-refractivity contribution in [2.75, 3.05) is 12.4 Å². The van der Waals surface area contributed by atoms with E-state index in [1.807, 2.05) is 7.11 Å². The van der Waals surface area contributed by atoms with Gasteiger partial charge in [0, 0.05) is 44.4 Å². The molecule has 38 heavy (non-hydrogen) atoms. The van der Waals surface area contributed by atoms with Crippen LogP contribution in [-0.2, 0) is 27.4 Å². The molecule has 9 heteroatoms. The number of carbonyl (C=O) groups is 4. The number of fused-ring (bicyclic) bond motifs is 3. The van der Waals surface area contributed by atoms with Gasteiger partial charge in [0.05, 0.1) is 17.2 Å². The van der Waals surface area contributed by atoms with Crippen LogP contribution in [0.25, 0.3) is 0 Å². The fourth-order valence-corrected chi connectivity index (χ4v) is 6.51. The number of imide groups is 2. The van der Waals surface area contributed by atoms with Gasteiger partial charge in [-0.25, -0.2) is 0 Å². The molecule has 2 bridgehead atoms. The van der Waals surface area contributed by atoms with E-state index in [4.69, 9.17) is 4.74 Å². The predicted molar refractivity (Wildman–Crippen MR) is 139 cm³/mol. The highest BCUT2D eigenvalue weighted by atomic mass is 16.5. The molecule has 198 valence electrons. The van der Waals surface area contributed by atoms with Gasteiger partial charge in [-0.15, -0.1) is 0 Å². The molecule has 0 spiro atoms. The van der Waals surface area contributed by atoms with E-state index in [9.17, 15) is 19.2 Å². The largest absolute Gasteiger partial charge is 0.381 e. The number of ether oxygens (including phenoxy) is 1. The van der Waals surface area contributed by atoms with Crippen molar-refractivity contribution in [3.05, 3.63) is 64.7 Å². The number of rotatable bonds is 7. The van der Waals surface area contributed by atoms with Crippen LogP contribution in [0.4, 0.5) is 5.69 Å². The summed E-state index contributed by atoms with van der Waals surface area (Å²) in [5.41, 5.74) is 3.44. The Labute approximate surface area is 221 Å². The van der Waals surface area contributed by atoms with Gasteiger partial charge in [-0.1, -0.05) is 30.3 Å². The van der Waals surface area contributed by atoms with Gasteiger partial charge in [0.2, 0.25) is 11.8 Å². The van der Waals surface area contributed by atoms with Gasteiger partial charge in [-0.2, -0.15) is 0 Å². The Balaban J connectivity index is 1.11. The molecule has 4 amide bonds. The van der Waals surface area contributed by atoms with Crippen LogP contribution in [0.2, 0.25) is 0 Å². The normalized spacial score (nSPS) is 27.0. The van der Waals surface area contributed by atoms with Gasteiger partial charge >= 0.3 is 0 Å². The van der Waals surface area contributed by atoms with E-state index < -0.39 is 23.8 Å². The maximum absolute atomic E-state index is 13.3. The molecule has 0 saturated carbocycles. The van der Waals surface area contributed by atoms with E-state index >= 15 is 0 Å². The number of carbonyl (C=O) groups excluding carboxylic acids is 4. The van der Waals surface area contributed by atoms with Crippen LogP contribution in [0.3, 0.4) is 0 Å². The van der Waals surface area contributed by atoms with Crippen LogP contribution in [0, 0.1) is 0 Å².